The van der Waals surface area contributed by atoms with E-state index in [4.69, 9.17) is 0 Å². The summed E-state index contributed by atoms with van der Waals surface area (Å²) < 4.78 is 0. The van der Waals surface area contributed by atoms with Crippen molar-refractivity contribution in [2.24, 2.45) is 29.1 Å². The van der Waals surface area contributed by atoms with Crippen molar-refractivity contribution in [1.29, 1.82) is 10.5 Å². The molecule has 1 unspecified atom stereocenters. The fourth-order valence-electron chi connectivity index (χ4n) is 5.41. The van der Waals surface area contributed by atoms with Crippen molar-refractivity contribution < 1.29 is 10.2 Å². The van der Waals surface area contributed by atoms with Gasteiger partial charge in [0.15, 0.2) is 0 Å². The average Bonchev–Trinajstić information content (AvgIpc) is 2.66. The number of hydrogen-bond acceptors (Lipinski definition) is 5. The summed E-state index contributed by atoms with van der Waals surface area (Å²) in [7, 11) is 0. The Balaban J connectivity index is 1.90. The molecule has 0 aromatic carbocycles. The van der Waals surface area contributed by atoms with Crippen LogP contribution in [-0.4, -0.2) is 47.5 Å². The first-order valence-corrected chi connectivity index (χ1v) is 10.9. The maximum Gasteiger partial charge on any atom is 0.136 e. The molecule has 0 aromatic heterocycles. The van der Waals surface area contributed by atoms with Crippen LogP contribution >= 0.6 is 0 Å². The lowest BCUT2D eigenvalue weighted by atomic mass is 9.64. The van der Waals surface area contributed by atoms with Crippen molar-refractivity contribution >= 4 is 0 Å². The summed E-state index contributed by atoms with van der Waals surface area (Å²) in [5, 5.41) is 37.1. The molecular weight excluding hydrogens is 350 g/mol. The minimum atomic E-state index is -0.491. The van der Waals surface area contributed by atoms with E-state index < -0.39 is 5.92 Å². The normalized spacial score (nSPS) is 30.4. The van der Waals surface area contributed by atoms with E-state index in [9.17, 15) is 20.7 Å². The van der Waals surface area contributed by atoms with Crippen LogP contribution in [0.4, 0.5) is 0 Å². The van der Waals surface area contributed by atoms with Crippen molar-refractivity contribution in [1.82, 2.24) is 4.90 Å². The van der Waals surface area contributed by atoms with Gasteiger partial charge in [-0.25, -0.2) is 0 Å². The number of aliphatic hydroxyl groups excluding tert-OH is 2. The zero-order valence-corrected chi connectivity index (χ0v) is 17.6. The molecule has 2 fully saturated rings. The Bertz CT molecular complexity index is 562. The highest BCUT2D eigenvalue weighted by atomic mass is 16.3. The molecule has 0 radical (unpaired) electrons. The van der Waals surface area contributed by atoms with Crippen molar-refractivity contribution in [2.75, 3.05) is 26.3 Å². The van der Waals surface area contributed by atoms with Gasteiger partial charge in [-0.15, -0.1) is 0 Å². The zero-order chi connectivity index (χ0) is 20.6. The van der Waals surface area contributed by atoms with E-state index in [0.29, 0.717) is 31.0 Å². The van der Waals surface area contributed by atoms with Crippen LogP contribution in [0.5, 0.6) is 0 Å². The third-order valence-electron chi connectivity index (χ3n) is 6.67. The van der Waals surface area contributed by atoms with Gasteiger partial charge in [0, 0.05) is 19.1 Å². The van der Waals surface area contributed by atoms with Crippen LogP contribution in [-0.2, 0) is 0 Å². The molecule has 5 heteroatoms. The van der Waals surface area contributed by atoms with Crippen LogP contribution in [0.1, 0.15) is 58.8 Å². The molecule has 2 aliphatic carbocycles. The predicted molar refractivity (Wildman–Crippen MR) is 110 cm³/mol. The summed E-state index contributed by atoms with van der Waals surface area (Å²) >= 11 is 0. The van der Waals surface area contributed by atoms with Gasteiger partial charge in [-0.05, 0) is 68.1 Å². The third kappa shape index (κ3) is 6.59. The van der Waals surface area contributed by atoms with E-state index in [2.05, 4.69) is 43.0 Å². The monoisotopic (exact) mass is 387 g/mol. The second-order valence-electron chi connectivity index (χ2n) is 9.50. The lowest BCUT2D eigenvalue weighted by Gasteiger charge is -2.40. The molecule has 2 aliphatic rings. The average molecular weight is 388 g/mol. The molecule has 28 heavy (non-hydrogen) atoms. The third-order valence-corrected chi connectivity index (χ3v) is 6.67. The predicted octanol–water partition coefficient (Wildman–Crippen LogP) is 3.49. The molecule has 0 aromatic rings. The fraction of sp³-hybridized carbons (Fsp3) is 0.826. The molecule has 156 valence electrons. The highest BCUT2D eigenvalue weighted by Crippen LogP contribution is 2.45. The van der Waals surface area contributed by atoms with Crippen molar-refractivity contribution in [2.45, 2.75) is 64.8 Å². The maximum atomic E-state index is 9.29. The van der Waals surface area contributed by atoms with Crippen molar-refractivity contribution in [3.8, 4) is 12.1 Å². The summed E-state index contributed by atoms with van der Waals surface area (Å²) in [5.74, 6) is 0.730. The first-order valence-electron chi connectivity index (χ1n) is 10.9. The largest absolute Gasteiger partial charge is 0.395 e. The minimum Gasteiger partial charge on any atom is -0.395 e. The first kappa shape index (κ1) is 22.9. The fourth-order valence-corrected chi connectivity index (χ4v) is 5.41. The van der Waals surface area contributed by atoms with Gasteiger partial charge >= 0.3 is 0 Å². The number of hydrogen-bond donors (Lipinski definition) is 2. The molecule has 0 aliphatic heterocycles. The van der Waals surface area contributed by atoms with Crippen LogP contribution in [0, 0.1) is 51.7 Å². The quantitative estimate of drug-likeness (QED) is 0.622. The molecule has 0 bridgehead atoms. The summed E-state index contributed by atoms with van der Waals surface area (Å²) in [5.41, 5.74) is 0.177. The summed E-state index contributed by atoms with van der Waals surface area (Å²) in [4.78, 5) is 2.22. The molecule has 5 nitrogen and oxygen atoms in total. The molecule has 2 rings (SSSR count). The number of nitriles is 2. The molecule has 2 N–H and O–H groups in total. The van der Waals surface area contributed by atoms with E-state index in [1.165, 1.54) is 0 Å². The van der Waals surface area contributed by atoms with E-state index in [0.717, 1.165) is 44.9 Å². The summed E-state index contributed by atoms with van der Waals surface area (Å²) in [6, 6.07) is 4.86. The van der Waals surface area contributed by atoms with Crippen molar-refractivity contribution in [3.63, 3.8) is 0 Å². The van der Waals surface area contributed by atoms with Gasteiger partial charge in [0.25, 0.3) is 0 Å². The Hall–Kier alpha value is -1.40. The van der Waals surface area contributed by atoms with E-state index in [1.54, 1.807) is 0 Å². The van der Waals surface area contributed by atoms with Gasteiger partial charge in [-0.3, -0.25) is 4.90 Å². The molecule has 2 saturated carbocycles. The Kier molecular flexibility index (Phi) is 8.96. The summed E-state index contributed by atoms with van der Waals surface area (Å²) in [6.07, 6.45) is 12.3. The SMILES string of the molecule is CC1(C)CC(/C=C/C2CCC(N(CCO)CCO)CC2)C[C@H](C(C#N)C#N)C1. The van der Waals surface area contributed by atoms with Crippen LogP contribution < -0.4 is 0 Å². The standard InChI is InChI=1S/C23H37N3O2/c1-23(2)14-19(13-20(15-23)21(16-24)17-25)4-3-18-5-7-22(8-6-18)26(9-11-27)10-12-28/h3-4,18-22,27-28H,5-15H2,1-2H3/b4-3+/t18?,19?,20-,22?/m0/s1. The second-order valence-corrected chi connectivity index (χ2v) is 9.50. The van der Waals surface area contributed by atoms with Gasteiger partial charge in [0.2, 0.25) is 0 Å². The smallest absolute Gasteiger partial charge is 0.136 e. The van der Waals surface area contributed by atoms with Gasteiger partial charge < -0.3 is 10.2 Å². The molecule has 0 spiro atoms. The van der Waals surface area contributed by atoms with Crippen LogP contribution in [0.2, 0.25) is 0 Å². The Labute approximate surface area is 170 Å². The molecular formula is C23H37N3O2. The Morgan fingerprint density at radius 2 is 1.54 bits per heavy atom. The molecule has 0 saturated heterocycles. The Morgan fingerprint density at radius 3 is 2.07 bits per heavy atom. The number of rotatable bonds is 8. The number of allylic oxidation sites excluding steroid dienone is 2. The second kappa shape index (κ2) is 11.0. The van der Waals surface area contributed by atoms with E-state index in [-0.39, 0.29) is 24.5 Å². The number of nitrogens with zero attached hydrogens (tertiary/aromatic N) is 3. The van der Waals surface area contributed by atoms with Crippen molar-refractivity contribution in [3.05, 3.63) is 12.2 Å². The number of aliphatic hydroxyl groups is 2. The lowest BCUT2D eigenvalue weighted by molar-refractivity contribution is 0.0950. The zero-order valence-electron chi connectivity index (χ0n) is 17.6. The van der Waals surface area contributed by atoms with E-state index >= 15 is 0 Å². The minimum absolute atomic E-state index is 0.144. The molecule has 0 heterocycles. The van der Waals surface area contributed by atoms with Gasteiger partial charge in [-0.2, -0.15) is 10.5 Å². The van der Waals surface area contributed by atoms with Crippen LogP contribution in [0.25, 0.3) is 0 Å². The van der Waals surface area contributed by atoms with Crippen LogP contribution in [0.3, 0.4) is 0 Å². The van der Waals surface area contributed by atoms with Crippen LogP contribution in [0.15, 0.2) is 12.2 Å². The van der Waals surface area contributed by atoms with Gasteiger partial charge in [0.1, 0.15) is 5.92 Å². The topological polar surface area (TPSA) is 91.3 Å². The molecule has 2 atom stereocenters. The molecule has 0 amide bonds. The first-order chi connectivity index (χ1) is 13.4. The van der Waals surface area contributed by atoms with Gasteiger partial charge in [0.05, 0.1) is 25.4 Å². The highest BCUT2D eigenvalue weighted by molar-refractivity contribution is 5.07. The maximum absolute atomic E-state index is 9.29. The highest BCUT2D eigenvalue weighted by Gasteiger charge is 2.37. The lowest BCUT2D eigenvalue weighted by Crippen LogP contribution is -2.41. The van der Waals surface area contributed by atoms with E-state index in [1.807, 2.05) is 0 Å². The summed E-state index contributed by atoms with van der Waals surface area (Å²) in [6.45, 7) is 6.09. The Morgan fingerprint density at radius 1 is 0.964 bits per heavy atom. The van der Waals surface area contributed by atoms with Gasteiger partial charge in [-0.1, -0.05) is 26.0 Å².